The maximum atomic E-state index is 10.9. The fourth-order valence-electron chi connectivity index (χ4n) is 1.72. The Morgan fingerprint density at radius 1 is 1.64 bits per heavy atom. The van der Waals surface area contributed by atoms with Gasteiger partial charge in [-0.1, -0.05) is 0 Å². The molecule has 1 atom stereocenters. The number of benzene rings is 1. The molecule has 1 aromatic rings. The highest BCUT2D eigenvalue weighted by Crippen LogP contribution is 2.34. The molecule has 0 saturated heterocycles. The Morgan fingerprint density at radius 3 is 3.00 bits per heavy atom. The topological polar surface area (TPSA) is 72.6 Å². The van der Waals surface area contributed by atoms with Gasteiger partial charge in [-0.2, -0.15) is 0 Å². The predicted molar refractivity (Wildman–Crippen MR) is 51.6 cm³/mol. The molecule has 0 aliphatic carbocycles. The summed E-state index contributed by atoms with van der Waals surface area (Å²) in [7, 11) is 0. The van der Waals surface area contributed by atoms with Crippen LogP contribution in [-0.2, 0) is 6.42 Å². The van der Waals surface area contributed by atoms with E-state index < -0.39 is 5.97 Å². The van der Waals surface area contributed by atoms with E-state index in [2.05, 4.69) is 0 Å². The van der Waals surface area contributed by atoms with Gasteiger partial charge in [-0.05, 0) is 19.1 Å². The molecule has 4 heteroatoms. The lowest BCUT2D eigenvalue weighted by Crippen LogP contribution is -2.07. The molecule has 1 aromatic carbocycles. The van der Waals surface area contributed by atoms with Crippen LogP contribution in [0.2, 0.25) is 0 Å². The van der Waals surface area contributed by atoms with Crippen molar-refractivity contribution in [2.24, 2.45) is 0 Å². The zero-order valence-corrected chi connectivity index (χ0v) is 7.78. The summed E-state index contributed by atoms with van der Waals surface area (Å²) in [5.41, 5.74) is 7.11. The average molecular weight is 193 g/mol. The Hall–Kier alpha value is -1.71. The lowest BCUT2D eigenvalue weighted by Gasteiger charge is -2.06. The van der Waals surface area contributed by atoms with Crippen molar-refractivity contribution in [1.29, 1.82) is 0 Å². The lowest BCUT2D eigenvalue weighted by atomic mass is 10.1. The predicted octanol–water partition coefficient (Wildman–Crippen LogP) is 1.29. The number of hydrogen-bond acceptors (Lipinski definition) is 3. The largest absolute Gasteiger partial charge is 0.489 e. The van der Waals surface area contributed by atoms with E-state index in [0.29, 0.717) is 11.4 Å². The van der Waals surface area contributed by atoms with Crippen LogP contribution in [0.5, 0.6) is 5.75 Å². The minimum Gasteiger partial charge on any atom is -0.489 e. The molecule has 0 bridgehead atoms. The first-order valence-electron chi connectivity index (χ1n) is 4.40. The summed E-state index contributed by atoms with van der Waals surface area (Å²) in [5.74, 6) is -0.526. The second-order valence-electron chi connectivity index (χ2n) is 3.49. The molecule has 0 radical (unpaired) electrons. The highest BCUT2D eigenvalue weighted by molar-refractivity contribution is 5.93. The summed E-state index contributed by atoms with van der Waals surface area (Å²) in [6.07, 6.45) is 0.755. The third-order valence-corrected chi connectivity index (χ3v) is 2.24. The number of nitrogen functional groups attached to an aromatic ring is 1. The van der Waals surface area contributed by atoms with E-state index in [9.17, 15) is 4.79 Å². The van der Waals surface area contributed by atoms with Crippen LogP contribution in [-0.4, -0.2) is 17.2 Å². The van der Waals surface area contributed by atoms with E-state index in [1.807, 2.05) is 6.92 Å². The van der Waals surface area contributed by atoms with E-state index in [4.69, 9.17) is 15.6 Å². The summed E-state index contributed by atoms with van der Waals surface area (Å²) in [6, 6.07) is 3.20. The highest BCUT2D eigenvalue weighted by atomic mass is 16.5. The Labute approximate surface area is 81.3 Å². The molecule has 1 aliphatic rings. The van der Waals surface area contributed by atoms with E-state index in [-0.39, 0.29) is 11.7 Å². The number of fused-ring (bicyclic) bond motifs is 1. The Morgan fingerprint density at radius 2 is 2.36 bits per heavy atom. The first-order chi connectivity index (χ1) is 6.58. The van der Waals surface area contributed by atoms with Crippen molar-refractivity contribution in [3.05, 3.63) is 23.3 Å². The number of anilines is 1. The van der Waals surface area contributed by atoms with Gasteiger partial charge in [0.2, 0.25) is 0 Å². The van der Waals surface area contributed by atoms with E-state index in [1.165, 1.54) is 6.07 Å². The molecular formula is C10H11NO3. The zero-order valence-electron chi connectivity index (χ0n) is 7.78. The van der Waals surface area contributed by atoms with Crippen molar-refractivity contribution in [1.82, 2.24) is 0 Å². The second kappa shape index (κ2) is 2.90. The lowest BCUT2D eigenvalue weighted by molar-refractivity contribution is 0.0692. The first kappa shape index (κ1) is 8.87. The fraction of sp³-hybridized carbons (Fsp3) is 0.300. The van der Waals surface area contributed by atoms with Gasteiger partial charge in [0.05, 0.1) is 0 Å². The van der Waals surface area contributed by atoms with Crippen molar-refractivity contribution in [2.75, 3.05) is 5.73 Å². The first-order valence-corrected chi connectivity index (χ1v) is 4.40. The molecule has 1 heterocycles. The summed E-state index contributed by atoms with van der Waals surface area (Å²) >= 11 is 0. The van der Waals surface area contributed by atoms with Gasteiger partial charge in [-0.25, -0.2) is 4.79 Å². The van der Waals surface area contributed by atoms with Crippen molar-refractivity contribution >= 4 is 11.7 Å². The molecule has 0 spiro atoms. The maximum Gasteiger partial charge on any atom is 0.339 e. The van der Waals surface area contributed by atoms with Crippen LogP contribution in [0.1, 0.15) is 22.8 Å². The minimum atomic E-state index is -0.998. The molecule has 1 aliphatic heterocycles. The number of rotatable bonds is 1. The van der Waals surface area contributed by atoms with Crippen molar-refractivity contribution in [3.63, 3.8) is 0 Å². The number of aromatic carboxylic acids is 1. The number of nitrogens with two attached hydrogens (primary N) is 1. The van der Waals surface area contributed by atoms with Crippen molar-refractivity contribution in [3.8, 4) is 5.75 Å². The van der Waals surface area contributed by atoms with Crippen LogP contribution >= 0.6 is 0 Å². The highest BCUT2D eigenvalue weighted by Gasteiger charge is 2.25. The zero-order chi connectivity index (χ0) is 10.3. The van der Waals surface area contributed by atoms with Gasteiger partial charge >= 0.3 is 5.97 Å². The fourth-order valence-corrected chi connectivity index (χ4v) is 1.72. The van der Waals surface area contributed by atoms with E-state index >= 15 is 0 Å². The van der Waals surface area contributed by atoms with Gasteiger partial charge in [-0.3, -0.25) is 0 Å². The van der Waals surface area contributed by atoms with Gasteiger partial charge in [0, 0.05) is 17.7 Å². The Kier molecular flexibility index (Phi) is 1.84. The van der Waals surface area contributed by atoms with Gasteiger partial charge < -0.3 is 15.6 Å². The smallest absolute Gasteiger partial charge is 0.339 e. The average Bonchev–Trinajstić information content (AvgIpc) is 2.42. The third-order valence-electron chi connectivity index (χ3n) is 2.24. The Bertz CT molecular complexity index is 401. The van der Waals surface area contributed by atoms with Crippen LogP contribution in [0, 0.1) is 0 Å². The van der Waals surface area contributed by atoms with Gasteiger partial charge in [0.1, 0.15) is 17.4 Å². The molecule has 3 N–H and O–H groups in total. The van der Waals surface area contributed by atoms with Crippen LogP contribution < -0.4 is 10.5 Å². The van der Waals surface area contributed by atoms with Gasteiger partial charge in [0.25, 0.3) is 0 Å². The van der Waals surface area contributed by atoms with Crippen LogP contribution in [0.4, 0.5) is 5.69 Å². The molecule has 2 rings (SSSR count). The summed E-state index contributed by atoms with van der Waals surface area (Å²) in [6.45, 7) is 1.90. The van der Waals surface area contributed by atoms with Crippen LogP contribution in [0.15, 0.2) is 12.1 Å². The van der Waals surface area contributed by atoms with Crippen LogP contribution in [0.3, 0.4) is 0 Å². The maximum absolute atomic E-state index is 10.9. The van der Waals surface area contributed by atoms with E-state index in [0.717, 1.165) is 12.0 Å². The second-order valence-corrected chi connectivity index (χ2v) is 3.49. The van der Waals surface area contributed by atoms with Gasteiger partial charge in [0.15, 0.2) is 0 Å². The monoisotopic (exact) mass is 193 g/mol. The number of carboxylic acid groups (broad SMARTS) is 1. The standard InChI is InChI=1S/C10H11NO3/c1-5-2-6-3-7(11)4-8(10(12)13)9(6)14-5/h3-5H,2,11H2,1H3,(H,12,13)/t5-/m0/s1. The number of hydrogen-bond donors (Lipinski definition) is 2. The molecule has 0 aromatic heterocycles. The Balaban J connectivity index is 2.57. The molecule has 0 unspecified atom stereocenters. The molecule has 0 fully saturated rings. The SMILES string of the molecule is C[C@H]1Cc2cc(N)cc(C(=O)O)c2O1. The molecule has 74 valence electrons. The summed E-state index contributed by atoms with van der Waals surface area (Å²) < 4.78 is 5.42. The molecule has 0 amide bonds. The normalized spacial score (nSPS) is 18.8. The summed E-state index contributed by atoms with van der Waals surface area (Å²) in [4.78, 5) is 10.9. The molecule has 14 heavy (non-hydrogen) atoms. The number of carbonyl (C=O) groups is 1. The molecular weight excluding hydrogens is 182 g/mol. The molecule has 0 saturated carbocycles. The summed E-state index contributed by atoms with van der Waals surface area (Å²) in [5, 5.41) is 8.92. The van der Waals surface area contributed by atoms with Crippen molar-refractivity contribution < 1.29 is 14.6 Å². The molecule has 4 nitrogen and oxygen atoms in total. The van der Waals surface area contributed by atoms with E-state index in [1.54, 1.807) is 6.07 Å². The third kappa shape index (κ3) is 1.28. The van der Waals surface area contributed by atoms with Crippen LogP contribution in [0.25, 0.3) is 0 Å². The quantitative estimate of drug-likeness (QED) is 0.659. The van der Waals surface area contributed by atoms with Gasteiger partial charge in [-0.15, -0.1) is 0 Å². The minimum absolute atomic E-state index is 0.0323. The van der Waals surface area contributed by atoms with Crippen molar-refractivity contribution in [2.45, 2.75) is 19.4 Å². The number of carboxylic acids is 1. The number of ether oxygens (including phenoxy) is 1.